The van der Waals surface area contributed by atoms with Crippen LogP contribution in [0.25, 0.3) is 10.8 Å². The average Bonchev–Trinajstić information content (AvgIpc) is 2.46. The quantitative estimate of drug-likeness (QED) is 0.824. The van der Waals surface area contributed by atoms with Crippen molar-refractivity contribution < 1.29 is 9.47 Å². The molecule has 1 aliphatic rings. The van der Waals surface area contributed by atoms with E-state index in [2.05, 4.69) is 4.98 Å². The summed E-state index contributed by atoms with van der Waals surface area (Å²) in [5.41, 5.74) is 0. The second kappa shape index (κ2) is 4.92. The summed E-state index contributed by atoms with van der Waals surface area (Å²) in [5, 5.41) is 2.15. The van der Waals surface area contributed by atoms with E-state index in [1.54, 1.807) is 12.5 Å². The predicted octanol–water partition coefficient (Wildman–Crippen LogP) is 3.08. The van der Waals surface area contributed by atoms with Gasteiger partial charge in [-0.05, 0) is 24.3 Å². The third-order valence-corrected chi connectivity index (χ3v) is 2.81. The highest BCUT2D eigenvalue weighted by Gasteiger charge is 2.08. The Kier molecular flexibility index (Phi) is 2.96. The molecule has 2 heterocycles. The number of hydrogen-bond acceptors (Lipinski definition) is 3. The van der Waals surface area contributed by atoms with E-state index in [9.17, 15) is 0 Å². The van der Waals surface area contributed by atoms with Gasteiger partial charge in [0.05, 0.1) is 6.26 Å². The summed E-state index contributed by atoms with van der Waals surface area (Å²) < 4.78 is 11.2. The van der Waals surface area contributed by atoms with Crippen LogP contribution in [0.15, 0.2) is 61.1 Å². The van der Waals surface area contributed by atoms with Crippen molar-refractivity contribution in [3.05, 3.63) is 61.1 Å². The zero-order valence-corrected chi connectivity index (χ0v) is 9.82. The lowest BCUT2D eigenvalue weighted by molar-refractivity contribution is 0.122. The molecule has 0 radical (unpaired) electrons. The molecule has 1 unspecified atom stereocenters. The fourth-order valence-electron chi connectivity index (χ4n) is 1.91. The smallest absolute Gasteiger partial charge is 0.150 e. The number of fused-ring (bicyclic) bond motifs is 1. The van der Waals surface area contributed by atoms with Gasteiger partial charge in [-0.1, -0.05) is 18.2 Å². The first-order chi connectivity index (χ1) is 8.93. The van der Waals surface area contributed by atoms with Crippen molar-refractivity contribution in [2.75, 3.05) is 6.61 Å². The van der Waals surface area contributed by atoms with Crippen LogP contribution >= 0.6 is 0 Å². The minimum Gasteiger partial charge on any atom is -0.490 e. The van der Waals surface area contributed by atoms with Crippen molar-refractivity contribution in [1.29, 1.82) is 0 Å². The molecule has 0 saturated carbocycles. The van der Waals surface area contributed by atoms with Crippen molar-refractivity contribution in [2.24, 2.45) is 0 Å². The molecule has 0 saturated heterocycles. The predicted molar refractivity (Wildman–Crippen MR) is 70.4 cm³/mol. The molecule has 1 aromatic carbocycles. The number of allylic oxidation sites excluding steroid dienone is 2. The fourth-order valence-corrected chi connectivity index (χ4v) is 1.91. The highest BCUT2D eigenvalue weighted by atomic mass is 16.5. The molecule has 3 nitrogen and oxygen atoms in total. The molecule has 0 N–H and O–H groups in total. The summed E-state index contributed by atoms with van der Waals surface area (Å²) in [5.74, 6) is 0.862. The third kappa shape index (κ3) is 2.20. The molecule has 0 spiro atoms. The van der Waals surface area contributed by atoms with Crippen LogP contribution in [0.3, 0.4) is 0 Å². The molecule has 3 rings (SSSR count). The topological polar surface area (TPSA) is 31.4 Å². The summed E-state index contributed by atoms with van der Waals surface area (Å²) >= 11 is 0. The molecule has 1 aliphatic heterocycles. The van der Waals surface area contributed by atoms with Crippen LogP contribution in [0.5, 0.6) is 5.75 Å². The Morgan fingerprint density at radius 3 is 3.11 bits per heavy atom. The first kappa shape index (κ1) is 10.8. The molecule has 0 aliphatic carbocycles. The maximum absolute atomic E-state index is 5.82. The zero-order valence-electron chi connectivity index (χ0n) is 9.82. The molecule has 1 atom stereocenters. The Bertz CT molecular complexity index is 599. The average molecular weight is 239 g/mol. The van der Waals surface area contributed by atoms with Gasteiger partial charge in [0.1, 0.15) is 12.4 Å². The van der Waals surface area contributed by atoms with E-state index in [1.165, 1.54) is 0 Å². The Hall–Kier alpha value is -2.29. The normalized spacial score (nSPS) is 17.7. The summed E-state index contributed by atoms with van der Waals surface area (Å²) in [6.07, 6.45) is 11.1. The van der Waals surface area contributed by atoms with Crippen LogP contribution < -0.4 is 4.74 Å². The lowest BCUT2D eigenvalue weighted by atomic mass is 10.1. The first-order valence-electron chi connectivity index (χ1n) is 5.88. The second-order valence-corrected chi connectivity index (χ2v) is 4.05. The summed E-state index contributed by atoms with van der Waals surface area (Å²) in [6.45, 7) is 0.502. The van der Waals surface area contributed by atoms with Crippen molar-refractivity contribution in [1.82, 2.24) is 4.98 Å². The van der Waals surface area contributed by atoms with Crippen molar-refractivity contribution in [2.45, 2.75) is 6.10 Å². The number of rotatable bonds is 3. The number of benzene rings is 1. The molecule has 1 aromatic heterocycles. The van der Waals surface area contributed by atoms with E-state index in [0.29, 0.717) is 6.61 Å². The van der Waals surface area contributed by atoms with Gasteiger partial charge in [0.2, 0.25) is 0 Å². The largest absolute Gasteiger partial charge is 0.490 e. The molecular formula is C15H13NO2. The zero-order chi connectivity index (χ0) is 12.2. The Labute approximate surface area is 105 Å². The minimum atomic E-state index is -0.0212. The number of aromatic nitrogens is 1. The SMILES string of the molecule is C1=COC(COc2cccc3cnccc23)C=C1. The first-order valence-corrected chi connectivity index (χ1v) is 5.88. The monoisotopic (exact) mass is 239 g/mol. The summed E-state index contributed by atoms with van der Waals surface area (Å²) in [6, 6.07) is 7.92. The number of ether oxygens (including phenoxy) is 2. The van der Waals surface area contributed by atoms with Gasteiger partial charge in [-0.3, -0.25) is 4.98 Å². The highest BCUT2D eigenvalue weighted by molar-refractivity contribution is 5.87. The van der Waals surface area contributed by atoms with Crippen LogP contribution in [-0.4, -0.2) is 17.7 Å². The Morgan fingerprint density at radius 2 is 2.22 bits per heavy atom. The maximum atomic E-state index is 5.82. The van der Waals surface area contributed by atoms with E-state index >= 15 is 0 Å². The van der Waals surface area contributed by atoms with Crippen LogP contribution in [0.4, 0.5) is 0 Å². The van der Waals surface area contributed by atoms with Crippen LogP contribution in [-0.2, 0) is 4.74 Å². The minimum absolute atomic E-state index is 0.0212. The number of hydrogen-bond donors (Lipinski definition) is 0. The van der Waals surface area contributed by atoms with Crippen LogP contribution in [0, 0.1) is 0 Å². The lowest BCUT2D eigenvalue weighted by Crippen LogP contribution is -2.18. The molecule has 90 valence electrons. The standard InChI is InChI=1S/C15H13NO2/c1-2-9-17-13(5-1)11-18-15-6-3-4-12-10-16-8-7-14(12)15/h1-10,13H,11H2. The maximum Gasteiger partial charge on any atom is 0.150 e. The van der Waals surface area contributed by atoms with Gasteiger partial charge in [0.25, 0.3) is 0 Å². The Balaban J connectivity index is 1.78. The fraction of sp³-hybridized carbons (Fsp3) is 0.133. The molecule has 18 heavy (non-hydrogen) atoms. The number of pyridine rings is 1. The van der Waals surface area contributed by atoms with Crippen molar-refractivity contribution >= 4 is 10.8 Å². The molecule has 0 amide bonds. The third-order valence-electron chi connectivity index (χ3n) is 2.81. The molecule has 3 heteroatoms. The molecule has 0 bridgehead atoms. The van der Waals surface area contributed by atoms with Gasteiger partial charge in [-0.2, -0.15) is 0 Å². The molecular weight excluding hydrogens is 226 g/mol. The highest BCUT2D eigenvalue weighted by Crippen LogP contribution is 2.24. The van der Waals surface area contributed by atoms with Crippen LogP contribution in [0.2, 0.25) is 0 Å². The van der Waals surface area contributed by atoms with Gasteiger partial charge in [-0.15, -0.1) is 0 Å². The Morgan fingerprint density at radius 1 is 1.22 bits per heavy atom. The summed E-state index contributed by atoms with van der Waals surface area (Å²) in [7, 11) is 0. The van der Waals surface area contributed by atoms with E-state index in [1.807, 2.05) is 48.7 Å². The number of nitrogens with zero attached hydrogens (tertiary/aromatic N) is 1. The van der Waals surface area contributed by atoms with Gasteiger partial charge in [0.15, 0.2) is 6.10 Å². The van der Waals surface area contributed by atoms with Crippen molar-refractivity contribution in [3.8, 4) is 5.75 Å². The van der Waals surface area contributed by atoms with Gasteiger partial charge in [-0.25, -0.2) is 0 Å². The second-order valence-electron chi connectivity index (χ2n) is 4.05. The van der Waals surface area contributed by atoms with Crippen LogP contribution in [0.1, 0.15) is 0 Å². The van der Waals surface area contributed by atoms with E-state index in [4.69, 9.17) is 9.47 Å². The van der Waals surface area contributed by atoms with Gasteiger partial charge < -0.3 is 9.47 Å². The van der Waals surface area contributed by atoms with E-state index < -0.39 is 0 Å². The van der Waals surface area contributed by atoms with Gasteiger partial charge >= 0.3 is 0 Å². The lowest BCUT2D eigenvalue weighted by Gasteiger charge is -2.16. The van der Waals surface area contributed by atoms with E-state index in [0.717, 1.165) is 16.5 Å². The van der Waals surface area contributed by atoms with E-state index in [-0.39, 0.29) is 6.10 Å². The molecule has 2 aromatic rings. The van der Waals surface area contributed by atoms with Crippen molar-refractivity contribution in [3.63, 3.8) is 0 Å². The molecule has 0 fully saturated rings. The van der Waals surface area contributed by atoms with Gasteiger partial charge in [0, 0.05) is 23.2 Å². The summed E-state index contributed by atoms with van der Waals surface area (Å²) in [4.78, 5) is 4.10.